The maximum absolute atomic E-state index is 11.9. The highest BCUT2D eigenvalue weighted by Crippen LogP contribution is 2.49. The van der Waals surface area contributed by atoms with Gasteiger partial charge < -0.3 is 11.1 Å². The molecule has 3 N–H and O–H groups in total. The zero-order chi connectivity index (χ0) is 12.4. The van der Waals surface area contributed by atoms with Crippen LogP contribution in [0, 0.1) is 17.8 Å². The van der Waals surface area contributed by atoms with E-state index in [-0.39, 0.29) is 11.9 Å². The summed E-state index contributed by atoms with van der Waals surface area (Å²) < 4.78 is 0. The van der Waals surface area contributed by atoms with Gasteiger partial charge in [0.1, 0.15) is 0 Å². The Hall–Kier alpha value is -0.570. The molecule has 2 aliphatic carbocycles. The molecule has 0 aromatic heterocycles. The molecule has 2 saturated carbocycles. The lowest BCUT2D eigenvalue weighted by Gasteiger charge is -2.29. The van der Waals surface area contributed by atoms with Crippen molar-refractivity contribution in [2.45, 2.75) is 64.5 Å². The van der Waals surface area contributed by atoms with Gasteiger partial charge in [-0.2, -0.15) is 0 Å². The van der Waals surface area contributed by atoms with Crippen LogP contribution in [0.15, 0.2) is 0 Å². The molecule has 2 bridgehead atoms. The molecule has 2 fully saturated rings. The molecule has 0 aromatic carbocycles. The van der Waals surface area contributed by atoms with Crippen molar-refractivity contribution in [1.82, 2.24) is 5.32 Å². The summed E-state index contributed by atoms with van der Waals surface area (Å²) in [5.74, 6) is 2.54. The van der Waals surface area contributed by atoms with Gasteiger partial charge in [-0.15, -0.1) is 0 Å². The molecular formula is C14H26N2O. The first-order valence-electron chi connectivity index (χ1n) is 7.17. The maximum Gasteiger partial charge on any atom is 0.237 e. The van der Waals surface area contributed by atoms with Crippen molar-refractivity contribution in [1.29, 1.82) is 0 Å². The second kappa shape index (κ2) is 5.38. The monoisotopic (exact) mass is 238 g/mol. The molecule has 3 heteroatoms. The van der Waals surface area contributed by atoms with E-state index in [1.54, 1.807) is 0 Å². The Bertz CT molecular complexity index is 279. The van der Waals surface area contributed by atoms with Crippen molar-refractivity contribution in [2.75, 3.05) is 0 Å². The van der Waals surface area contributed by atoms with Crippen LogP contribution in [0.25, 0.3) is 0 Å². The first-order valence-corrected chi connectivity index (χ1v) is 7.17. The van der Waals surface area contributed by atoms with Crippen LogP contribution in [-0.2, 0) is 4.79 Å². The van der Waals surface area contributed by atoms with Gasteiger partial charge in [0, 0.05) is 6.04 Å². The minimum Gasteiger partial charge on any atom is -0.352 e. The maximum atomic E-state index is 11.9. The van der Waals surface area contributed by atoms with Crippen molar-refractivity contribution in [3.05, 3.63) is 0 Å². The smallest absolute Gasteiger partial charge is 0.237 e. The van der Waals surface area contributed by atoms with Crippen LogP contribution in [0.1, 0.15) is 52.4 Å². The zero-order valence-electron chi connectivity index (χ0n) is 11.1. The first kappa shape index (κ1) is 12.9. The van der Waals surface area contributed by atoms with Crippen molar-refractivity contribution >= 4 is 5.91 Å². The Morgan fingerprint density at radius 2 is 2.18 bits per heavy atom. The molecule has 1 amide bonds. The molecule has 0 aliphatic heterocycles. The molecule has 98 valence electrons. The van der Waals surface area contributed by atoms with Gasteiger partial charge in [-0.05, 0) is 50.4 Å². The van der Waals surface area contributed by atoms with Gasteiger partial charge in [-0.25, -0.2) is 0 Å². The minimum absolute atomic E-state index is 0.0436. The Labute approximate surface area is 105 Å². The number of amides is 1. The standard InChI is InChI=1S/C14H26N2O/c1-3-4-13(15)14(17)16-9(2)12-8-10-5-6-11(12)7-10/h9-13H,3-8,15H2,1-2H3,(H,16,17)/t9?,10?,11?,12?,13-/m0/s1. The van der Waals surface area contributed by atoms with Gasteiger partial charge in [-0.1, -0.05) is 19.8 Å². The third-order valence-electron chi connectivity index (χ3n) is 4.74. The number of hydrogen-bond donors (Lipinski definition) is 2. The van der Waals surface area contributed by atoms with E-state index in [0.29, 0.717) is 12.0 Å². The van der Waals surface area contributed by atoms with Crippen LogP contribution in [-0.4, -0.2) is 18.0 Å². The highest BCUT2D eigenvalue weighted by Gasteiger charge is 2.42. The van der Waals surface area contributed by atoms with Crippen LogP contribution >= 0.6 is 0 Å². The lowest BCUT2D eigenvalue weighted by Crippen LogP contribution is -2.47. The van der Waals surface area contributed by atoms with Gasteiger partial charge in [0.25, 0.3) is 0 Å². The third-order valence-corrected chi connectivity index (χ3v) is 4.74. The summed E-state index contributed by atoms with van der Waals surface area (Å²) in [5, 5.41) is 3.13. The van der Waals surface area contributed by atoms with Crippen molar-refractivity contribution < 1.29 is 4.79 Å². The summed E-state index contributed by atoms with van der Waals surface area (Å²) in [6, 6.07) is -0.0123. The van der Waals surface area contributed by atoms with Gasteiger partial charge in [-0.3, -0.25) is 4.79 Å². The normalized spacial score (nSPS) is 34.6. The van der Waals surface area contributed by atoms with E-state index in [0.717, 1.165) is 24.7 Å². The predicted octanol–water partition coefficient (Wildman–Crippen LogP) is 2.05. The number of rotatable bonds is 5. The number of nitrogens with one attached hydrogen (secondary N) is 1. The Kier molecular flexibility index (Phi) is 4.08. The van der Waals surface area contributed by atoms with E-state index in [9.17, 15) is 4.79 Å². The SMILES string of the molecule is CCC[C@H](N)C(=O)NC(C)C1CC2CCC1C2. The minimum atomic E-state index is -0.318. The fourth-order valence-electron chi connectivity index (χ4n) is 3.79. The predicted molar refractivity (Wildman–Crippen MR) is 69.4 cm³/mol. The molecule has 5 atom stereocenters. The zero-order valence-corrected chi connectivity index (χ0v) is 11.1. The van der Waals surface area contributed by atoms with Gasteiger partial charge in [0.2, 0.25) is 5.91 Å². The number of nitrogens with two attached hydrogens (primary N) is 1. The molecular weight excluding hydrogens is 212 g/mol. The summed E-state index contributed by atoms with van der Waals surface area (Å²) in [7, 11) is 0. The average molecular weight is 238 g/mol. The molecule has 0 spiro atoms. The Morgan fingerprint density at radius 1 is 1.41 bits per heavy atom. The van der Waals surface area contributed by atoms with Crippen molar-refractivity contribution in [3.63, 3.8) is 0 Å². The molecule has 17 heavy (non-hydrogen) atoms. The molecule has 0 heterocycles. The quantitative estimate of drug-likeness (QED) is 0.770. The largest absolute Gasteiger partial charge is 0.352 e. The van der Waals surface area contributed by atoms with Crippen LogP contribution in [0.4, 0.5) is 0 Å². The highest BCUT2D eigenvalue weighted by molar-refractivity contribution is 5.81. The second-order valence-electron chi connectivity index (χ2n) is 6.03. The second-order valence-corrected chi connectivity index (χ2v) is 6.03. The van der Waals surface area contributed by atoms with Gasteiger partial charge in [0.05, 0.1) is 6.04 Å². The molecule has 4 unspecified atom stereocenters. The molecule has 2 aliphatic rings. The van der Waals surface area contributed by atoms with Crippen LogP contribution in [0.5, 0.6) is 0 Å². The summed E-state index contributed by atoms with van der Waals surface area (Å²) in [6.07, 6.45) is 7.25. The van der Waals surface area contributed by atoms with Crippen molar-refractivity contribution in [2.24, 2.45) is 23.5 Å². The van der Waals surface area contributed by atoms with E-state index in [2.05, 4.69) is 19.2 Å². The lowest BCUT2D eigenvalue weighted by molar-refractivity contribution is -0.123. The molecule has 0 aromatic rings. The number of carbonyl (C=O) groups is 1. The summed E-state index contributed by atoms with van der Waals surface area (Å²) >= 11 is 0. The fraction of sp³-hybridized carbons (Fsp3) is 0.929. The number of hydrogen-bond acceptors (Lipinski definition) is 2. The highest BCUT2D eigenvalue weighted by atomic mass is 16.2. The molecule has 0 saturated heterocycles. The number of carbonyl (C=O) groups excluding carboxylic acids is 1. The van der Waals surface area contributed by atoms with E-state index < -0.39 is 0 Å². The summed E-state index contributed by atoms with van der Waals surface area (Å²) in [6.45, 7) is 4.22. The van der Waals surface area contributed by atoms with E-state index in [1.165, 1.54) is 25.7 Å². The van der Waals surface area contributed by atoms with Crippen LogP contribution in [0.3, 0.4) is 0 Å². The molecule has 3 nitrogen and oxygen atoms in total. The summed E-state index contributed by atoms with van der Waals surface area (Å²) in [4.78, 5) is 11.9. The molecule has 2 rings (SSSR count). The van der Waals surface area contributed by atoms with Gasteiger partial charge >= 0.3 is 0 Å². The van der Waals surface area contributed by atoms with Crippen LogP contribution < -0.4 is 11.1 Å². The average Bonchev–Trinajstić information content (AvgIpc) is 2.90. The van der Waals surface area contributed by atoms with Gasteiger partial charge in [0.15, 0.2) is 0 Å². The van der Waals surface area contributed by atoms with E-state index >= 15 is 0 Å². The third kappa shape index (κ3) is 2.82. The summed E-state index contributed by atoms with van der Waals surface area (Å²) in [5.41, 5.74) is 5.84. The fourth-order valence-corrected chi connectivity index (χ4v) is 3.79. The Balaban J connectivity index is 1.81. The first-order chi connectivity index (χ1) is 8.11. The number of fused-ring (bicyclic) bond motifs is 2. The topological polar surface area (TPSA) is 55.1 Å². The van der Waals surface area contributed by atoms with Crippen molar-refractivity contribution in [3.8, 4) is 0 Å². The Morgan fingerprint density at radius 3 is 2.71 bits per heavy atom. The molecule has 0 radical (unpaired) electrons. The van der Waals surface area contributed by atoms with E-state index in [1.807, 2.05) is 0 Å². The van der Waals surface area contributed by atoms with Crippen LogP contribution in [0.2, 0.25) is 0 Å². The van der Waals surface area contributed by atoms with E-state index in [4.69, 9.17) is 5.73 Å². The lowest BCUT2D eigenvalue weighted by atomic mass is 9.84.